The summed E-state index contributed by atoms with van der Waals surface area (Å²) in [5.41, 5.74) is 6.57. The Bertz CT molecular complexity index is 723. The summed E-state index contributed by atoms with van der Waals surface area (Å²) in [7, 11) is 1.58. The quantitative estimate of drug-likeness (QED) is 0.872. The van der Waals surface area contributed by atoms with Gasteiger partial charge in [0.25, 0.3) is 5.91 Å². The van der Waals surface area contributed by atoms with Gasteiger partial charge in [-0.1, -0.05) is 36.4 Å². The van der Waals surface area contributed by atoms with E-state index >= 15 is 0 Å². The van der Waals surface area contributed by atoms with E-state index < -0.39 is 6.04 Å². The molecule has 1 aliphatic heterocycles. The van der Waals surface area contributed by atoms with Crippen LogP contribution in [-0.4, -0.2) is 42.4 Å². The summed E-state index contributed by atoms with van der Waals surface area (Å²) in [6, 6.07) is 12.7. The first-order valence-corrected chi connectivity index (χ1v) is 7.37. The van der Waals surface area contributed by atoms with E-state index in [2.05, 4.69) is 5.32 Å². The lowest BCUT2D eigenvalue weighted by Gasteiger charge is -2.23. The zero-order chi connectivity index (χ0) is 15.7. The molecule has 2 aromatic rings. The molecule has 1 heterocycles. The Balaban J connectivity index is 2.00. The number of hydrogen-bond acceptors (Lipinski definition) is 3. The number of fused-ring (bicyclic) bond motifs is 1. The Hall–Kier alpha value is -2.40. The van der Waals surface area contributed by atoms with Gasteiger partial charge in [-0.15, -0.1) is 0 Å². The third-order valence-corrected chi connectivity index (χ3v) is 4.16. The van der Waals surface area contributed by atoms with Crippen molar-refractivity contribution in [1.82, 2.24) is 10.2 Å². The minimum atomic E-state index is -0.494. The lowest BCUT2D eigenvalue weighted by molar-refractivity contribution is -0.124. The van der Waals surface area contributed by atoms with Crippen LogP contribution in [-0.2, 0) is 4.79 Å². The Morgan fingerprint density at radius 1 is 1.18 bits per heavy atom. The molecule has 0 radical (unpaired) electrons. The first-order valence-electron chi connectivity index (χ1n) is 7.37. The highest BCUT2D eigenvalue weighted by atomic mass is 16.2. The number of amides is 2. The smallest absolute Gasteiger partial charge is 0.255 e. The highest BCUT2D eigenvalue weighted by Gasteiger charge is 2.38. The van der Waals surface area contributed by atoms with Gasteiger partial charge >= 0.3 is 0 Å². The van der Waals surface area contributed by atoms with E-state index in [1.807, 2.05) is 36.4 Å². The van der Waals surface area contributed by atoms with Gasteiger partial charge < -0.3 is 16.0 Å². The van der Waals surface area contributed by atoms with E-state index in [1.165, 1.54) is 0 Å². The van der Waals surface area contributed by atoms with Gasteiger partial charge in [-0.3, -0.25) is 9.59 Å². The van der Waals surface area contributed by atoms with Crippen molar-refractivity contribution in [3.8, 4) is 0 Å². The van der Waals surface area contributed by atoms with E-state index in [-0.39, 0.29) is 17.9 Å². The Morgan fingerprint density at radius 3 is 2.68 bits per heavy atom. The standard InChI is InChI=1S/C17H19N3O2/c1-19-16(21)15-9-12(18)10-20(15)17(22)14-8-4-6-11-5-2-3-7-13(11)14/h2-8,12,15H,9-10,18H2,1H3,(H,19,21)/t12-,15-/m0/s1. The first-order chi connectivity index (χ1) is 10.6. The number of nitrogens with two attached hydrogens (primary N) is 1. The molecule has 1 aliphatic rings. The Labute approximate surface area is 129 Å². The van der Waals surface area contributed by atoms with Crippen LogP contribution in [0.2, 0.25) is 0 Å². The maximum atomic E-state index is 12.9. The molecule has 0 saturated carbocycles. The van der Waals surface area contributed by atoms with Gasteiger partial charge in [0.1, 0.15) is 6.04 Å². The lowest BCUT2D eigenvalue weighted by atomic mass is 10.0. The van der Waals surface area contributed by atoms with Gasteiger partial charge in [-0.25, -0.2) is 0 Å². The average molecular weight is 297 g/mol. The van der Waals surface area contributed by atoms with Crippen molar-refractivity contribution in [1.29, 1.82) is 0 Å². The average Bonchev–Trinajstić information content (AvgIpc) is 2.94. The molecule has 22 heavy (non-hydrogen) atoms. The third-order valence-electron chi connectivity index (χ3n) is 4.16. The highest BCUT2D eigenvalue weighted by molar-refractivity contribution is 6.08. The van der Waals surface area contributed by atoms with Crippen LogP contribution in [0.1, 0.15) is 16.8 Å². The molecular weight excluding hydrogens is 278 g/mol. The number of benzene rings is 2. The topological polar surface area (TPSA) is 75.4 Å². The largest absolute Gasteiger partial charge is 0.357 e. The number of likely N-dealkylation sites (tertiary alicyclic amines) is 1. The summed E-state index contributed by atoms with van der Waals surface area (Å²) in [4.78, 5) is 26.5. The van der Waals surface area contributed by atoms with E-state index in [1.54, 1.807) is 18.0 Å². The maximum absolute atomic E-state index is 12.9. The second-order valence-corrected chi connectivity index (χ2v) is 5.61. The second kappa shape index (κ2) is 5.77. The molecule has 2 amide bonds. The molecular formula is C17H19N3O2. The van der Waals surface area contributed by atoms with Crippen molar-refractivity contribution in [3.05, 3.63) is 48.0 Å². The zero-order valence-electron chi connectivity index (χ0n) is 12.5. The molecule has 2 atom stereocenters. The van der Waals surface area contributed by atoms with Gasteiger partial charge in [-0.05, 0) is 23.3 Å². The number of rotatable bonds is 2. The summed E-state index contributed by atoms with van der Waals surface area (Å²) >= 11 is 0. The van der Waals surface area contributed by atoms with Crippen LogP contribution in [0.3, 0.4) is 0 Å². The fraction of sp³-hybridized carbons (Fsp3) is 0.294. The lowest BCUT2D eigenvalue weighted by Crippen LogP contribution is -2.45. The van der Waals surface area contributed by atoms with Crippen LogP contribution in [0, 0.1) is 0 Å². The van der Waals surface area contributed by atoms with E-state index in [0.29, 0.717) is 18.5 Å². The molecule has 5 heteroatoms. The number of carbonyl (C=O) groups excluding carboxylic acids is 2. The van der Waals surface area contributed by atoms with E-state index in [0.717, 1.165) is 10.8 Å². The van der Waals surface area contributed by atoms with Crippen molar-refractivity contribution in [3.63, 3.8) is 0 Å². The van der Waals surface area contributed by atoms with Crippen LogP contribution in [0.25, 0.3) is 10.8 Å². The Kier molecular flexibility index (Phi) is 3.81. The summed E-state index contributed by atoms with van der Waals surface area (Å²) in [5, 5.41) is 4.51. The first kappa shape index (κ1) is 14.5. The number of hydrogen-bond donors (Lipinski definition) is 2. The third kappa shape index (κ3) is 2.44. The normalized spacial score (nSPS) is 21.1. The van der Waals surface area contributed by atoms with Crippen molar-refractivity contribution in [2.75, 3.05) is 13.6 Å². The van der Waals surface area contributed by atoms with Gasteiger partial charge in [0, 0.05) is 25.2 Å². The van der Waals surface area contributed by atoms with Crippen LogP contribution < -0.4 is 11.1 Å². The molecule has 0 spiro atoms. The molecule has 0 aliphatic carbocycles. The number of nitrogens with one attached hydrogen (secondary N) is 1. The number of nitrogens with zero attached hydrogens (tertiary/aromatic N) is 1. The second-order valence-electron chi connectivity index (χ2n) is 5.61. The van der Waals surface area contributed by atoms with Crippen LogP contribution in [0.15, 0.2) is 42.5 Å². The van der Waals surface area contributed by atoms with Crippen molar-refractivity contribution < 1.29 is 9.59 Å². The Morgan fingerprint density at radius 2 is 1.91 bits per heavy atom. The summed E-state index contributed by atoms with van der Waals surface area (Å²) in [6.45, 7) is 0.403. The van der Waals surface area contributed by atoms with Crippen molar-refractivity contribution in [2.45, 2.75) is 18.5 Å². The highest BCUT2D eigenvalue weighted by Crippen LogP contribution is 2.24. The molecule has 1 saturated heterocycles. The molecule has 5 nitrogen and oxygen atoms in total. The van der Waals surface area contributed by atoms with E-state index in [9.17, 15) is 9.59 Å². The molecule has 1 fully saturated rings. The molecule has 0 aromatic heterocycles. The molecule has 2 aromatic carbocycles. The predicted octanol–water partition coefficient (Wildman–Crippen LogP) is 1.13. The molecule has 114 valence electrons. The molecule has 0 unspecified atom stereocenters. The van der Waals surface area contributed by atoms with Crippen LogP contribution in [0.4, 0.5) is 0 Å². The summed E-state index contributed by atoms with van der Waals surface area (Å²) in [5.74, 6) is -0.306. The SMILES string of the molecule is CNC(=O)[C@@H]1C[C@H](N)CN1C(=O)c1cccc2ccccc12. The van der Waals surface area contributed by atoms with Gasteiger partial charge in [0.2, 0.25) is 5.91 Å². The van der Waals surface area contributed by atoms with Crippen molar-refractivity contribution in [2.24, 2.45) is 5.73 Å². The van der Waals surface area contributed by atoms with Gasteiger partial charge in [-0.2, -0.15) is 0 Å². The fourth-order valence-corrected chi connectivity index (χ4v) is 3.07. The van der Waals surface area contributed by atoms with Gasteiger partial charge in [0.05, 0.1) is 0 Å². The monoisotopic (exact) mass is 297 g/mol. The van der Waals surface area contributed by atoms with Crippen LogP contribution in [0.5, 0.6) is 0 Å². The maximum Gasteiger partial charge on any atom is 0.255 e. The zero-order valence-corrected chi connectivity index (χ0v) is 12.5. The number of likely N-dealkylation sites (N-methyl/N-ethyl adjacent to an activating group) is 1. The molecule has 3 N–H and O–H groups in total. The summed E-state index contributed by atoms with van der Waals surface area (Å²) in [6.07, 6.45) is 0.496. The molecule has 3 rings (SSSR count). The predicted molar refractivity (Wildman–Crippen MR) is 85.4 cm³/mol. The van der Waals surface area contributed by atoms with Crippen molar-refractivity contribution >= 4 is 22.6 Å². The minimum absolute atomic E-state index is 0.140. The minimum Gasteiger partial charge on any atom is -0.357 e. The van der Waals surface area contributed by atoms with Crippen LogP contribution >= 0.6 is 0 Å². The summed E-state index contributed by atoms with van der Waals surface area (Å²) < 4.78 is 0. The molecule has 0 bridgehead atoms. The fourth-order valence-electron chi connectivity index (χ4n) is 3.07. The van der Waals surface area contributed by atoms with E-state index in [4.69, 9.17) is 5.73 Å². The number of carbonyl (C=O) groups is 2. The van der Waals surface area contributed by atoms with Gasteiger partial charge in [0.15, 0.2) is 0 Å².